The monoisotopic (exact) mass is 602 g/mol. The van der Waals surface area contributed by atoms with Crippen LogP contribution in [0.15, 0.2) is 66.3 Å². The Kier molecular flexibility index (Phi) is 14.4. The summed E-state index contributed by atoms with van der Waals surface area (Å²) in [5.41, 5.74) is 2.73. The van der Waals surface area contributed by atoms with Crippen molar-refractivity contribution >= 4 is 23.8 Å². The number of allylic oxidation sites excluding steroid dienone is 1. The summed E-state index contributed by atoms with van der Waals surface area (Å²) in [5.74, 6) is 1.43. The van der Waals surface area contributed by atoms with E-state index in [0.29, 0.717) is 36.0 Å². The lowest BCUT2D eigenvalue weighted by Crippen LogP contribution is -2.30. The summed E-state index contributed by atoms with van der Waals surface area (Å²) in [4.78, 5) is 37.0. The highest BCUT2D eigenvalue weighted by Crippen LogP contribution is 2.35. The Balaban J connectivity index is 1.32. The van der Waals surface area contributed by atoms with Crippen LogP contribution in [0.4, 0.5) is 0 Å². The Morgan fingerprint density at radius 3 is 2.00 bits per heavy atom. The molecule has 0 aromatic heterocycles. The van der Waals surface area contributed by atoms with E-state index in [9.17, 15) is 14.4 Å². The van der Waals surface area contributed by atoms with E-state index >= 15 is 0 Å². The standard InChI is InChI=1S/C38H50O6/c1-27(2)34-23-14-29(5)35(36(34)39)26-30-15-19-33(20-16-30)44-38(41)31-17-21-32(22-18-31)42-24-12-10-8-6-7-9-11-13-25-43-37(40)28(3)4/h15-22,26-27,29,34H,3,6-14,23-25H2,1-2,4-5H3/b35-26-. The van der Waals surface area contributed by atoms with Crippen LogP contribution in [0.25, 0.3) is 6.08 Å². The van der Waals surface area contributed by atoms with Crippen molar-refractivity contribution in [2.75, 3.05) is 13.2 Å². The predicted molar refractivity (Wildman–Crippen MR) is 176 cm³/mol. The molecule has 0 radical (unpaired) electrons. The number of hydrogen-bond acceptors (Lipinski definition) is 6. The van der Waals surface area contributed by atoms with Gasteiger partial charge in [-0.05, 0) is 98.1 Å². The van der Waals surface area contributed by atoms with Crippen LogP contribution in [-0.2, 0) is 14.3 Å². The van der Waals surface area contributed by atoms with Gasteiger partial charge in [0.2, 0.25) is 0 Å². The molecule has 3 rings (SSSR count). The Hall–Kier alpha value is -3.67. The number of Topliss-reactive ketones (excluding diaryl/α,β-unsaturated/α-hetero) is 1. The fourth-order valence-corrected chi connectivity index (χ4v) is 5.43. The van der Waals surface area contributed by atoms with Crippen LogP contribution >= 0.6 is 0 Å². The molecule has 2 atom stereocenters. The number of benzene rings is 2. The van der Waals surface area contributed by atoms with Crippen LogP contribution < -0.4 is 9.47 Å². The number of ether oxygens (including phenoxy) is 3. The molecule has 1 saturated carbocycles. The average Bonchev–Trinajstić information content (AvgIpc) is 3.00. The van der Waals surface area contributed by atoms with Gasteiger partial charge in [0.25, 0.3) is 0 Å². The predicted octanol–water partition coefficient (Wildman–Crippen LogP) is 9.18. The van der Waals surface area contributed by atoms with Gasteiger partial charge < -0.3 is 14.2 Å². The van der Waals surface area contributed by atoms with E-state index in [1.165, 1.54) is 19.3 Å². The van der Waals surface area contributed by atoms with Gasteiger partial charge in [0.05, 0.1) is 18.8 Å². The molecule has 238 valence electrons. The highest BCUT2D eigenvalue weighted by molar-refractivity contribution is 6.02. The minimum absolute atomic E-state index is 0.0974. The van der Waals surface area contributed by atoms with Gasteiger partial charge in [-0.3, -0.25) is 4.79 Å². The lowest BCUT2D eigenvalue weighted by molar-refractivity contribution is -0.139. The van der Waals surface area contributed by atoms with Crippen LogP contribution in [0.5, 0.6) is 11.5 Å². The highest BCUT2D eigenvalue weighted by atomic mass is 16.5. The molecular weight excluding hydrogens is 552 g/mol. The molecule has 0 spiro atoms. The quantitative estimate of drug-likeness (QED) is 0.0777. The smallest absolute Gasteiger partial charge is 0.343 e. The second-order valence-corrected chi connectivity index (χ2v) is 12.4. The fraction of sp³-hybridized carbons (Fsp3) is 0.500. The molecule has 44 heavy (non-hydrogen) atoms. The Bertz CT molecular complexity index is 1260. The Morgan fingerprint density at radius 1 is 0.841 bits per heavy atom. The molecule has 0 saturated heterocycles. The number of unbranched alkanes of at least 4 members (excludes halogenated alkanes) is 7. The van der Waals surface area contributed by atoms with Crippen LogP contribution in [0.2, 0.25) is 0 Å². The van der Waals surface area contributed by atoms with Crippen molar-refractivity contribution in [3.05, 3.63) is 77.4 Å². The molecule has 1 aliphatic rings. The van der Waals surface area contributed by atoms with Crippen LogP contribution in [0.3, 0.4) is 0 Å². The maximum absolute atomic E-state index is 13.0. The third kappa shape index (κ3) is 11.4. The molecule has 0 heterocycles. The molecule has 1 aliphatic carbocycles. The second-order valence-electron chi connectivity index (χ2n) is 12.4. The van der Waals surface area contributed by atoms with Gasteiger partial charge in [0.15, 0.2) is 5.78 Å². The van der Waals surface area contributed by atoms with E-state index < -0.39 is 5.97 Å². The van der Waals surface area contributed by atoms with Gasteiger partial charge in [-0.2, -0.15) is 0 Å². The lowest BCUT2D eigenvalue weighted by atomic mass is 9.73. The van der Waals surface area contributed by atoms with Crippen LogP contribution in [0, 0.1) is 17.8 Å². The summed E-state index contributed by atoms with van der Waals surface area (Å²) < 4.78 is 16.5. The maximum Gasteiger partial charge on any atom is 0.343 e. The van der Waals surface area contributed by atoms with Gasteiger partial charge in [-0.25, -0.2) is 9.59 Å². The van der Waals surface area contributed by atoms with E-state index in [4.69, 9.17) is 14.2 Å². The zero-order valence-corrected chi connectivity index (χ0v) is 27.1. The highest BCUT2D eigenvalue weighted by Gasteiger charge is 2.32. The minimum Gasteiger partial charge on any atom is -0.494 e. The molecule has 0 N–H and O–H groups in total. The van der Waals surface area contributed by atoms with E-state index in [2.05, 4.69) is 27.4 Å². The van der Waals surface area contributed by atoms with Gasteiger partial charge in [0.1, 0.15) is 11.5 Å². The van der Waals surface area contributed by atoms with Crippen molar-refractivity contribution in [3.8, 4) is 11.5 Å². The third-order valence-corrected chi connectivity index (χ3v) is 8.26. The number of ketones is 1. The molecule has 2 aromatic carbocycles. The normalized spacial score (nSPS) is 17.5. The van der Waals surface area contributed by atoms with Gasteiger partial charge in [-0.15, -0.1) is 0 Å². The molecule has 6 heteroatoms. The van der Waals surface area contributed by atoms with Crippen molar-refractivity contribution in [2.45, 2.75) is 91.9 Å². The minimum atomic E-state index is -0.425. The van der Waals surface area contributed by atoms with E-state index in [1.807, 2.05) is 18.2 Å². The topological polar surface area (TPSA) is 78.9 Å². The van der Waals surface area contributed by atoms with Gasteiger partial charge in [0, 0.05) is 11.5 Å². The van der Waals surface area contributed by atoms with Gasteiger partial charge in [-0.1, -0.05) is 78.0 Å². The number of hydrogen-bond donors (Lipinski definition) is 0. The van der Waals surface area contributed by atoms with E-state index in [0.717, 1.165) is 61.8 Å². The van der Waals surface area contributed by atoms with Crippen LogP contribution in [0.1, 0.15) is 108 Å². The van der Waals surface area contributed by atoms with Crippen molar-refractivity contribution in [1.29, 1.82) is 0 Å². The molecule has 2 aromatic rings. The number of carbonyl (C=O) groups is 3. The summed E-state index contributed by atoms with van der Waals surface area (Å²) >= 11 is 0. The maximum atomic E-state index is 13.0. The summed E-state index contributed by atoms with van der Waals surface area (Å²) in [6.07, 6.45) is 12.8. The van der Waals surface area contributed by atoms with Gasteiger partial charge >= 0.3 is 11.9 Å². The first kappa shape index (κ1) is 34.8. The number of rotatable bonds is 17. The molecule has 1 fully saturated rings. The number of carbonyl (C=O) groups excluding carboxylic acids is 3. The first-order chi connectivity index (χ1) is 21.2. The van der Waals surface area contributed by atoms with Crippen molar-refractivity contribution in [1.82, 2.24) is 0 Å². The largest absolute Gasteiger partial charge is 0.494 e. The van der Waals surface area contributed by atoms with Crippen molar-refractivity contribution < 1.29 is 28.6 Å². The van der Waals surface area contributed by atoms with Crippen molar-refractivity contribution in [2.24, 2.45) is 17.8 Å². The molecular formula is C38H50O6. The summed E-state index contributed by atoms with van der Waals surface area (Å²) in [6, 6.07) is 14.3. The summed E-state index contributed by atoms with van der Waals surface area (Å²) in [6.45, 7) is 12.7. The lowest BCUT2D eigenvalue weighted by Gasteiger charge is -2.30. The zero-order chi connectivity index (χ0) is 31.9. The molecule has 0 amide bonds. The SMILES string of the molecule is C=C(C)C(=O)OCCCCCCCCCCOc1ccc(C(=O)Oc2ccc(/C=C3\C(=O)C(C(C)C)CCC3C)cc2)cc1. The van der Waals surface area contributed by atoms with E-state index in [1.54, 1.807) is 43.3 Å². The van der Waals surface area contributed by atoms with Crippen LogP contribution in [-0.4, -0.2) is 30.9 Å². The average molecular weight is 603 g/mol. The Labute approximate surface area is 263 Å². The number of esters is 2. The zero-order valence-electron chi connectivity index (χ0n) is 27.1. The molecule has 0 aliphatic heterocycles. The summed E-state index contributed by atoms with van der Waals surface area (Å²) in [5, 5.41) is 0. The molecule has 0 bridgehead atoms. The van der Waals surface area contributed by atoms with Crippen molar-refractivity contribution in [3.63, 3.8) is 0 Å². The Morgan fingerprint density at radius 2 is 1.41 bits per heavy atom. The molecule has 2 unspecified atom stereocenters. The molecule has 6 nitrogen and oxygen atoms in total. The van der Waals surface area contributed by atoms with E-state index in [-0.39, 0.29) is 23.6 Å². The first-order valence-corrected chi connectivity index (χ1v) is 16.3. The fourth-order valence-electron chi connectivity index (χ4n) is 5.43. The first-order valence-electron chi connectivity index (χ1n) is 16.3. The third-order valence-electron chi connectivity index (χ3n) is 8.26. The summed E-state index contributed by atoms with van der Waals surface area (Å²) in [7, 11) is 0. The second kappa shape index (κ2) is 18.2.